The predicted octanol–water partition coefficient (Wildman–Crippen LogP) is 2.14. The smallest absolute Gasteiger partial charge is 0.335 e. The van der Waals surface area contributed by atoms with Crippen molar-refractivity contribution in [3.05, 3.63) is 11.8 Å². The highest BCUT2D eigenvalue weighted by molar-refractivity contribution is 5.85. The van der Waals surface area contributed by atoms with Gasteiger partial charge in [0.1, 0.15) is 5.60 Å². The average molecular weight is 284 g/mol. The van der Waals surface area contributed by atoms with Gasteiger partial charge in [0.05, 0.1) is 6.08 Å². The van der Waals surface area contributed by atoms with Gasteiger partial charge in [-0.3, -0.25) is 0 Å². The summed E-state index contributed by atoms with van der Waals surface area (Å²) in [6, 6.07) is 0. The number of ether oxygens (including phenoxy) is 3. The summed E-state index contributed by atoms with van der Waals surface area (Å²) >= 11 is 0. The summed E-state index contributed by atoms with van der Waals surface area (Å²) in [5.74, 6) is 0.0715. The van der Waals surface area contributed by atoms with Crippen LogP contribution in [0.2, 0.25) is 0 Å². The quantitative estimate of drug-likeness (QED) is 0.598. The molecule has 5 nitrogen and oxygen atoms in total. The molecule has 2 atom stereocenters. The number of aliphatic hydroxyl groups is 1. The molecule has 20 heavy (non-hydrogen) atoms. The molecule has 0 saturated heterocycles. The Morgan fingerprint density at radius 2 is 2.10 bits per heavy atom. The largest absolute Gasteiger partial charge is 0.468 e. The van der Waals surface area contributed by atoms with Crippen LogP contribution in [0.15, 0.2) is 11.8 Å². The molecule has 1 saturated carbocycles. The lowest BCUT2D eigenvalue weighted by molar-refractivity contribution is -0.167. The Labute approximate surface area is 119 Å². The maximum Gasteiger partial charge on any atom is 0.335 e. The first kappa shape index (κ1) is 15.3. The van der Waals surface area contributed by atoms with E-state index in [0.717, 1.165) is 25.7 Å². The van der Waals surface area contributed by atoms with Crippen LogP contribution in [0, 0.1) is 5.92 Å². The van der Waals surface area contributed by atoms with Gasteiger partial charge in [-0.25, -0.2) is 4.79 Å². The standard InChI is InChI=1S/C15H24O5/c1-3-15(17,11-7-5-4-6-8-11)14-12(19-10-18-2)9-13(16)20-14/h9,11,14,17H,3-8,10H2,1-2H3/t14-,15+/m0/s1. The summed E-state index contributed by atoms with van der Waals surface area (Å²) in [5.41, 5.74) is -1.05. The summed E-state index contributed by atoms with van der Waals surface area (Å²) in [6.45, 7) is 1.97. The van der Waals surface area contributed by atoms with Gasteiger partial charge < -0.3 is 19.3 Å². The fourth-order valence-electron chi connectivity index (χ4n) is 3.28. The molecule has 0 aromatic heterocycles. The van der Waals surface area contributed by atoms with Gasteiger partial charge in [-0.2, -0.15) is 0 Å². The monoisotopic (exact) mass is 284 g/mol. The van der Waals surface area contributed by atoms with E-state index in [9.17, 15) is 9.90 Å². The molecule has 0 bridgehead atoms. The SMILES string of the molecule is CC[C@@](O)(C1CCCCC1)[C@H]1OC(=O)C=C1OCOC. The minimum atomic E-state index is -1.05. The van der Waals surface area contributed by atoms with Gasteiger partial charge in [0, 0.05) is 7.11 Å². The maximum atomic E-state index is 11.5. The number of carbonyl (C=O) groups excluding carboxylic acids is 1. The Bertz CT molecular complexity index is 372. The van der Waals surface area contributed by atoms with Gasteiger partial charge in [-0.15, -0.1) is 0 Å². The molecule has 0 unspecified atom stereocenters. The summed E-state index contributed by atoms with van der Waals surface area (Å²) in [7, 11) is 1.51. The van der Waals surface area contributed by atoms with Gasteiger partial charge in [0.2, 0.25) is 0 Å². The highest BCUT2D eigenvalue weighted by Crippen LogP contribution is 2.41. The first-order valence-corrected chi connectivity index (χ1v) is 7.38. The lowest BCUT2D eigenvalue weighted by Crippen LogP contribution is -2.50. The van der Waals surface area contributed by atoms with E-state index in [-0.39, 0.29) is 12.7 Å². The molecule has 0 spiro atoms. The number of carbonyl (C=O) groups is 1. The highest BCUT2D eigenvalue weighted by atomic mass is 16.7. The van der Waals surface area contributed by atoms with Crippen LogP contribution in [0.1, 0.15) is 45.4 Å². The second kappa shape index (κ2) is 6.59. The molecule has 1 aliphatic carbocycles. The average Bonchev–Trinajstić information content (AvgIpc) is 2.86. The van der Waals surface area contributed by atoms with Crippen LogP contribution in [-0.4, -0.2) is 36.7 Å². The van der Waals surface area contributed by atoms with Crippen LogP contribution >= 0.6 is 0 Å². The molecule has 1 aliphatic heterocycles. The van der Waals surface area contributed by atoms with E-state index in [4.69, 9.17) is 14.2 Å². The molecule has 0 radical (unpaired) electrons. The summed E-state index contributed by atoms with van der Waals surface area (Å²) < 4.78 is 15.6. The molecule has 1 N–H and O–H groups in total. The lowest BCUT2D eigenvalue weighted by atomic mass is 9.72. The first-order valence-electron chi connectivity index (χ1n) is 7.38. The molecule has 5 heteroatoms. The fourth-order valence-corrected chi connectivity index (χ4v) is 3.28. The van der Waals surface area contributed by atoms with Crippen molar-refractivity contribution in [1.82, 2.24) is 0 Å². The number of cyclic esters (lactones) is 1. The Morgan fingerprint density at radius 1 is 1.40 bits per heavy atom. The Balaban J connectivity index is 2.16. The van der Waals surface area contributed by atoms with Crippen LogP contribution in [0.25, 0.3) is 0 Å². The minimum Gasteiger partial charge on any atom is -0.468 e. The van der Waals surface area contributed by atoms with E-state index in [2.05, 4.69) is 0 Å². The van der Waals surface area contributed by atoms with Crippen molar-refractivity contribution in [2.24, 2.45) is 5.92 Å². The normalized spacial score (nSPS) is 26.9. The van der Waals surface area contributed by atoms with E-state index in [1.807, 2.05) is 6.92 Å². The van der Waals surface area contributed by atoms with Crippen molar-refractivity contribution in [3.63, 3.8) is 0 Å². The molecule has 2 rings (SSSR count). The number of methoxy groups -OCH3 is 1. The number of rotatable bonds is 6. The maximum absolute atomic E-state index is 11.5. The van der Waals surface area contributed by atoms with Gasteiger partial charge in [0.15, 0.2) is 18.7 Å². The summed E-state index contributed by atoms with van der Waals surface area (Å²) in [5, 5.41) is 11.1. The summed E-state index contributed by atoms with van der Waals surface area (Å²) in [6.07, 6.45) is 6.52. The second-order valence-electron chi connectivity index (χ2n) is 5.59. The van der Waals surface area contributed by atoms with Crippen molar-refractivity contribution in [2.75, 3.05) is 13.9 Å². The number of esters is 1. The first-order chi connectivity index (χ1) is 9.61. The fraction of sp³-hybridized carbons (Fsp3) is 0.800. The second-order valence-corrected chi connectivity index (χ2v) is 5.59. The predicted molar refractivity (Wildman–Crippen MR) is 72.7 cm³/mol. The zero-order valence-corrected chi connectivity index (χ0v) is 12.3. The molecule has 1 fully saturated rings. The Kier molecular flexibility index (Phi) is 5.05. The molecule has 1 heterocycles. The zero-order chi connectivity index (χ0) is 14.6. The van der Waals surface area contributed by atoms with Crippen LogP contribution < -0.4 is 0 Å². The Morgan fingerprint density at radius 3 is 2.70 bits per heavy atom. The van der Waals surface area contributed by atoms with Crippen molar-refractivity contribution in [1.29, 1.82) is 0 Å². The van der Waals surface area contributed by atoms with Gasteiger partial charge in [0.25, 0.3) is 0 Å². The third kappa shape index (κ3) is 2.99. The lowest BCUT2D eigenvalue weighted by Gasteiger charge is -2.41. The minimum absolute atomic E-state index is 0.0451. The topological polar surface area (TPSA) is 65.0 Å². The number of hydrogen-bond acceptors (Lipinski definition) is 5. The van der Waals surface area contributed by atoms with E-state index < -0.39 is 17.7 Å². The van der Waals surface area contributed by atoms with Gasteiger partial charge >= 0.3 is 5.97 Å². The van der Waals surface area contributed by atoms with Crippen LogP contribution in [-0.2, 0) is 19.0 Å². The molecular weight excluding hydrogens is 260 g/mol. The van der Waals surface area contributed by atoms with Crippen molar-refractivity contribution >= 4 is 5.97 Å². The van der Waals surface area contributed by atoms with Crippen LogP contribution in [0.3, 0.4) is 0 Å². The third-order valence-corrected chi connectivity index (χ3v) is 4.43. The van der Waals surface area contributed by atoms with E-state index in [1.165, 1.54) is 19.6 Å². The summed E-state index contributed by atoms with van der Waals surface area (Å²) in [4.78, 5) is 11.5. The molecular formula is C15H24O5. The highest BCUT2D eigenvalue weighted by Gasteiger charge is 2.49. The van der Waals surface area contributed by atoms with Crippen LogP contribution in [0.4, 0.5) is 0 Å². The van der Waals surface area contributed by atoms with E-state index in [1.54, 1.807) is 0 Å². The van der Waals surface area contributed by atoms with Crippen molar-refractivity contribution < 1.29 is 24.1 Å². The molecule has 0 aromatic carbocycles. The Hall–Kier alpha value is -1.07. The molecule has 0 aromatic rings. The molecule has 2 aliphatic rings. The zero-order valence-electron chi connectivity index (χ0n) is 12.3. The number of hydrogen-bond donors (Lipinski definition) is 1. The van der Waals surface area contributed by atoms with Gasteiger partial charge in [-0.05, 0) is 25.2 Å². The third-order valence-electron chi connectivity index (χ3n) is 4.43. The van der Waals surface area contributed by atoms with E-state index in [0.29, 0.717) is 12.2 Å². The van der Waals surface area contributed by atoms with Gasteiger partial charge in [-0.1, -0.05) is 26.2 Å². The van der Waals surface area contributed by atoms with Crippen molar-refractivity contribution in [2.45, 2.75) is 57.2 Å². The van der Waals surface area contributed by atoms with Crippen molar-refractivity contribution in [3.8, 4) is 0 Å². The van der Waals surface area contributed by atoms with Crippen LogP contribution in [0.5, 0.6) is 0 Å². The van der Waals surface area contributed by atoms with E-state index >= 15 is 0 Å². The molecule has 0 amide bonds. The molecule has 114 valence electrons.